The molecular weight excluding hydrogens is 302 g/mol. The predicted octanol–water partition coefficient (Wildman–Crippen LogP) is 3.37. The van der Waals surface area contributed by atoms with Gasteiger partial charge in [0, 0.05) is 13.0 Å². The Kier molecular flexibility index (Phi) is 6.55. The van der Waals surface area contributed by atoms with Crippen molar-refractivity contribution in [1.82, 2.24) is 5.32 Å². The van der Waals surface area contributed by atoms with Crippen molar-refractivity contribution in [2.75, 3.05) is 6.54 Å². The van der Waals surface area contributed by atoms with Crippen molar-refractivity contribution in [3.63, 3.8) is 0 Å². The Hall–Kier alpha value is -2.62. The van der Waals surface area contributed by atoms with Gasteiger partial charge in [0.15, 0.2) is 0 Å². The van der Waals surface area contributed by atoms with Gasteiger partial charge in [-0.05, 0) is 49.4 Å². The van der Waals surface area contributed by atoms with Crippen LogP contribution in [0.4, 0.5) is 0 Å². The fourth-order valence-corrected chi connectivity index (χ4v) is 2.50. The molecule has 0 saturated heterocycles. The van der Waals surface area contributed by atoms with Crippen LogP contribution < -0.4 is 5.32 Å². The minimum absolute atomic E-state index is 0.0384. The number of carbonyl (C=O) groups is 2. The summed E-state index contributed by atoms with van der Waals surface area (Å²) in [5.41, 5.74) is 3.68. The van der Waals surface area contributed by atoms with Gasteiger partial charge in [0.05, 0.1) is 5.56 Å². The molecule has 0 aliphatic rings. The zero-order chi connectivity index (χ0) is 17.4. The third-order valence-electron chi connectivity index (χ3n) is 3.90. The van der Waals surface area contributed by atoms with Gasteiger partial charge in [-0.3, -0.25) is 4.79 Å². The van der Waals surface area contributed by atoms with Crippen LogP contribution in [0, 0.1) is 6.92 Å². The molecule has 0 fully saturated rings. The van der Waals surface area contributed by atoms with Crippen molar-refractivity contribution in [1.29, 1.82) is 0 Å². The normalized spacial score (nSPS) is 10.4. The fourth-order valence-electron chi connectivity index (χ4n) is 2.50. The second-order valence-corrected chi connectivity index (χ2v) is 5.94. The Morgan fingerprint density at radius 1 is 1.00 bits per heavy atom. The van der Waals surface area contributed by atoms with E-state index in [1.54, 1.807) is 18.2 Å². The van der Waals surface area contributed by atoms with Crippen LogP contribution in [0.5, 0.6) is 0 Å². The molecule has 24 heavy (non-hydrogen) atoms. The summed E-state index contributed by atoms with van der Waals surface area (Å²) in [5, 5.41) is 11.8. The summed E-state index contributed by atoms with van der Waals surface area (Å²) in [6.07, 6.45) is 2.85. The average molecular weight is 325 g/mol. The van der Waals surface area contributed by atoms with E-state index in [1.165, 1.54) is 11.1 Å². The number of carboxylic acid groups (broad SMARTS) is 1. The van der Waals surface area contributed by atoms with Crippen LogP contribution in [0.3, 0.4) is 0 Å². The number of aromatic carboxylic acids is 1. The lowest BCUT2D eigenvalue weighted by molar-refractivity contribution is -0.121. The Bertz CT molecular complexity index is 692. The van der Waals surface area contributed by atoms with Gasteiger partial charge in [0.25, 0.3) is 0 Å². The minimum atomic E-state index is -0.933. The molecule has 0 radical (unpaired) electrons. The summed E-state index contributed by atoms with van der Waals surface area (Å²) < 4.78 is 0. The van der Waals surface area contributed by atoms with Crippen molar-refractivity contribution < 1.29 is 14.7 Å². The van der Waals surface area contributed by atoms with Crippen LogP contribution in [0.25, 0.3) is 0 Å². The van der Waals surface area contributed by atoms with Gasteiger partial charge in [0.2, 0.25) is 5.91 Å². The summed E-state index contributed by atoms with van der Waals surface area (Å²) in [5.74, 6) is -0.895. The van der Waals surface area contributed by atoms with Crippen molar-refractivity contribution in [3.05, 3.63) is 70.8 Å². The second kappa shape index (κ2) is 8.87. The smallest absolute Gasteiger partial charge is 0.335 e. The standard InChI is InChI=1S/C20H23NO3/c1-15-8-10-16(11-9-15)4-3-7-19(22)21-13-12-17-5-2-6-18(14-17)20(23)24/h2,5-6,8-11,14H,3-4,7,12-13H2,1H3,(H,21,22)(H,23,24). The van der Waals surface area contributed by atoms with E-state index < -0.39 is 5.97 Å². The lowest BCUT2D eigenvalue weighted by Crippen LogP contribution is -2.25. The van der Waals surface area contributed by atoms with Crippen LogP contribution in [0.2, 0.25) is 0 Å². The molecule has 4 heteroatoms. The third-order valence-corrected chi connectivity index (χ3v) is 3.90. The largest absolute Gasteiger partial charge is 0.478 e. The maximum absolute atomic E-state index is 11.8. The van der Waals surface area contributed by atoms with Gasteiger partial charge >= 0.3 is 5.97 Å². The highest BCUT2D eigenvalue weighted by molar-refractivity contribution is 5.87. The molecule has 0 aliphatic carbocycles. The van der Waals surface area contributed by atoms with Gasteiger partial charge < -0.3 is 10.4 Å². The third kappa shape index (κ3) is 5.88. The number of hydrogen-bond acceptors (Lipinski definition) is 2. The second-order valence-electron chi connectivity index (χ2n) is 5.94. The van der Waals surface area contributed by atoms with E-state index in [9.17, 15) is 9.59 Å². The summed E-state index contributed by atoms with van der Waals surface area (Å²) in [4.78, 5) is 22.8. The van der Waals surface area contributed by atoms with Gasteiger partial charge in [-0.1, -0.05) is 42.0 Å². The number of amides is 1. The van der Waals surface area contributed by atoms with Gasteiger partial charge in [-0.2, -0.15) is 0 Å². The summed E-state index contributed by atoms with van der Waals surface area (Å²) >= 11 is 0. The molecule has 126 valence electrons. The molecule has 0 unspecified atom stereocenters. The van der Waals surface area contributed by atoms with Crippen LogP contribution >= 0.6 is 0 Å². The number of carbonyl (C=O) groups excluding carboxylic acids is 1. The zero-order valence-corrected chi connectivity index (χ0v) is 13.9. The van der Waals surface area contributed by atoms with E-state index in [0.29, 0.717) is 19.4 Å². The van der Waals surface area contributed by atoms with Crippen molar-refractivity contribution >= 4 is 11.9 Å². The highest BCUT2D eigenvalue weighted by atomic mass is 16.4. The van der Waals surface area contributed by atoms with E-state index >= 15 is 0 Å². The Labute approximate surface area is 142 Å². The number of rotatable bonds is 8. The topological polar surface area (TPSA) is 66.4 Å². The predicted molar refractivity (Wildman–Crippen MR) is 94.2 cm³/mol. The Morgan fingerprint density at radius 3 is 2.46 bits per heavy atom. The molecule has 2 aromatic rings. The number of benzene rings is 2. The summed E-state index contributed by atoms with van der Waals surface area (Å²) in [7, 11) is 0. The van der Waals surface area contributed by atoms with Gasteiger partial charge in [-0.15, -0.1) is 0 Å². The molecule has 2 rings (SSSR count). The SMILES string of the molecule is Cc1ccc(CCCC(=O)NCCc2cccc(C(=O)O)c2)cc1. The van der Waals surface area contributed by atoms with E-state index in [1.807, 2.05) is 6.07 Å². The first kappa shape index (κ1) is 17.7. The molecular formula is C20H23NO3. The first-order valence-corrected chi connectivity index (χ1v) is 8.19. The van der Waals surface area contributed by atoms with E-state index in [4.69, 9.17) is 5.11 Å². The molecule has 2 aromatic carbocycles. The molecule has 0 spiro atoms. The molecule has 0 aliphatic heterocycles. The van der Waals surface area contributed by atoms with E-state index in [-0.39, 0.29) is 11.5 Å². The van der Waals surface area contributed by atoms with Crippen LogP contribution in [0.1, 0.15) is 39.9 Å². The number of nitrogens with one attached hydrogen (secondary N) is 1. The van der Waals surface area contributed by atoms with Crippen molar-refractivity contribution in [2.24, 2.45) is 0 Å². The highest BCUT2D eigenvalue weighted by Gasteiger charge is 2.05. The van der Waals surface area contributed by atoms with Crippen molar-refractivity contribution in [3.8, 4) is 0 Å². The maximum atomic E-state index is 11.8. The quantitative estimate of drug-likeness (QED) is 0.782. The van der Waals surface area contributed by atoms with Crippen molar-refractivity contribution in [2.45, 2.75) is 32.6 Å². The van der Waals surface area contributed by atoms with E-state index in [2.05, 4.69) is 36.5 Å². The molecule has 0 atom stereocenters. The molecule has 0 bridgehead atoms. The van der Waals surface area contributed by atoms with Crippen LogP contribution in [-0.4, -0.2) is 23.5 Å². The van der Waals surface area contributed by atoms with E-state index in [0.717, 1.165) is 18.4 Å². The van der Waals surface area contributed by atoms with Crippen LogP contribution in [0.15, 0.2) is 48.5 Å². The maximum Gasteiger partial charge on any atom is 0.335 e. The molecule has 0 heterocycles. The molecule has 4 nitrogen and oxygen atoms in total. The lowest BCUT2D eigenvalue weighted by atomic mass is 10.1. The van der Waals surface area contributed by atoms with Gasteiger partial charge in [-0.25, -0.2) is 4.79 Å². The van der Waals surface area contributed by atoms with Crippen LogP contribution in [-0.2, 0) is 17.6 Å². The molecule has 2 N–H and O–H groups in total. The number of hydrogen-bond donors (Lipinski definition) is 2. The number of carboxylic acids is 1. The lowest BCUT2D eigenvalue weighted by Gasteiger charge is -2.06. The Morgan fingerprint density at radius 2 is 1.75 bits per heavy atom. The highest BCUT2D eigenvalue weighted by Crippen LogP contribution is 2.08. The Balaban J connectivity index is 1.67. The summed E-state index contributed by atoms with van der Waals surface area (Å²) in [6.45, 7) is 2.58. The zero-order valence-electron chi connectivity index (χ0n) is 13.9. The fraction of sp³-hybridized carbons (Fsp3) is 0.300. The average Bonchev–Trinajstić information content (AvgIpc) is 2.57. The number of aryl methyl sites for hydroxylation is 2. The first-order chi connectivity index (χ1) is 11.5. The molecule has 0 saturated carbocycles. The minimum Gasteiger partial charge on any atom is -0.478 e. The monoisotopic (exact) mass is 325 g/mol. The first-order valence-electron chi connectivity index (χ1n) is 8.19. The summed E-state index contributed by atoms with van der Waals surface area (Å²) in [6, 6.07) is 15.2. The molecule has 1 amide bonds. The van der Waals surface area contributed by atoms with Gasteiger partial charge in [0.1, 0.15) is 0 Å². The molecule has 0 aromatic heterocycles.